The molecule has 1 aromatic heterocycles. The van der Waals surface area contributed by atoms with Gasteiger partial charge in [-0.05, 0) is 62.6 Å². The number of aliphatic hydroxyl groups excluding tert-OH is 1. The maximum atomic E-state index is 14.6. The molecular weight excluding hydrogens is 499 g/mol. The van der Waals surface area contributed by atoms with Crippen LogP contribution in [-0.4, -0.2) is 46.2 Å². The van der Waals surface area contributed by atoms with E-state index in [4.69, 9.17) is 16.3 Å². The number of hydrogen-bond acceptors (Lipinski definition) is 6. The average Bonchev–Trinajstić information content (AvgIpc) is 3.03. The molecule has 0 saturated carbocycles. The van der Waals surface area contributed by atoms with Gasteiger partial charge in [-0.2, -0.15) is 5.26 Å². The Labute approximate surface area is 219 Å². The Morgan fingerprint density at radius 3 is 2.57 bits per heavy atom. The van der Waals surface area contributed by atoms with E-state index in [0.717, 1.165) is 4.73 Å². The number of carbonyl (C=O) groups is 1. The highest BCUT2D eigenvalue weighted by Crippen LogP contribution is 2.38. The lowest BCUT2D eigenvalue weighted by atomic mass is 10.0. The fourth-order valence-corrected chi connectivity index (χ4v) is 4.65. The summed E-state index contributed by atoms with van der Waals surface area (Å²) in [6, 6.07) is 12.9. The molecule has 2 heterocycles. The maximum Gasteiger partial charge on any atom is 0.250 e. The van der Waals surface area contributed by atoms with Crippen LogP contribution in [0.5, 0.6) is 5.75 Å². The molecule has 3 aromatic rings. The predicted molar refractivity (Wildman–Crippen MR) is 135 cm³/mol. The number of hydrogen-bond donors (Lipinski definition) is 2. The number of nitrogens with zero attached hydrogens (tertiary/aromatic N) is 4. The first-order valence-corrected chi connectivity index (χ1v) is 12.0. The number of rotatable bonds is 7. The molecule has 1 aliphatic heterocycles. The third-order valence-corrected chi connectivity index (χ3v) is 7.07. The normalized spacial score (nSPS) is 17.2. The van der Waals surface area contributed by atoms with E-state index in [0.29, 0.717) is 46.7 Å². The molecule has 8 nitrogen and oxygen atoms in total. The van der Waals surface area contributed by atoms with Crippen molar-refractivity contribution in [2.75, 3.05) is 18.1 Å². The number of pyridine rings is 1. The van der Waals surface area contributed by atoms with Gasteiger partial charge >= 0.3 is 0 Å². The van der Waals surface area contributed by atoms with Crippen molar-refractivity contribution in [2.24, 2.45) is 0 Å². The molecule has 0 spiro atoms. The number of halogens is 2. The first-order valence-electron chi connectivity index (χ1n) is 11.7. The highest BCUT2D eigenvalue weighted by Gasteiger charge is 2.51. The minimum Gasteiger partial charge on any atom is -0.493 e. The first-order chi connectivity index (χ1) is 17.6. The summed E-state index contributed by atoms with van der Waals surface area (Å²) in [4.78, 5) is 16.2. The zero-order chi connectivity index (χ0) is 26.9. The van der Waals surface area contributed by atoms with Gasteiger partial charge in [0.1, 0.15) is 17.6 Å². The smallest absolute Gasteiger partial charge is 0.250 e. The monoisotopic (exact) mass is 525 g/mol. The van der Waals surface area contributed by atoms with Crippen molar-refractivity contribution in [1.82, 2.24) is 4.90 Å². The highest BCUT2D eigenvalue weighted by atomic mass is 35.5. The maximum absolute atomic E-state index is 14.6. The van der Waals surface area contributed by atoms with Gasteiger partial charge in [0.15, 0.2) is 6.35 Å². The zero-order valence-electron chi connectivity index (χ0n) is 20.7. The van der Waals surface area contributed by atoms with Gasteiger partial charge in [-0.1, -0.05) is 11.6 Å². The van der Waals surface area contributed by atoms with Crippen LogP contribution in [0.1, 0.15) is 31.4 Å². The van der Waals surface area contributed by atoms with E-state index < -0.39 is 17.7 Å². The molecule has 0 radical (unpaired) electrons. The van der Waals surface area contributed by atoms with E-state index in [1.807, 2.05) is 6.07 Å². The molecule has 4 rings (SSSR count). The molecule has 1 unspecified atom stereocenters. The van der Waals surface area contributed by atoms with Crippen LogP contribution in [0.25, 0.3) is 11.1 Å². The van der Waals surface area contributed by atoms with Gasteiger partial charge < -0.3 is 9.84 Å². The highest BCUT2D eigenvalue weighted by molar-refractivity contribution is 6.33. The van der Waals surface area contributed by atoms with Crippen molar-refractivity contribution >= 4 is 23.2 Å². The van der Waals surface area contributed by atoms with Crippen LogP contribution in [-0.2, 0) is 4.79 Å². The minimum absolute atomic E-state index is 0.240. The molecular formula is C27H27ClFN4O4+. The summed E-state index contributed by atoms with van der Waals surface area (Å²) in [5.74, 6) is -0.395. The van der Waals surface area contributed by atoms with E-state index in [2.05, 4.69) is 0 Å². The molecule has 2 N–H and O–H groups in total. The van der Waals surface area contributed by atoms with Gasteiger partial charge in [0, 0.05) is 35.0 Å². The Balaban J connectivity index is 1.41. The van der Waals surface area contributed by atoms with E-state index in [-0.39, 0.29) is 17.5 Å². The molecule has 0 aliphatic carbocycles. The number of carbonyl (C=O) groups excluding carboxylic acids is 1. The van der Waals surface area contributed by atoms with E-state index >= 15 is 0 Å². The van der Waals surface area contributed by atoms with Crippen molar-refractivity contribution in [3.05, 3.63) is 76.8 Å². The molecule has 2 aromatic carbocycles. The molecule has 37 heavy (non-hydrogen) atoms. The Hall–Kier alpha value is -3.71. The van der Waals surface area contributed by atoms with E-state index in [9.17, 15) is 24.8 Å². The lowest BCUT2D eigenvalue weighted by Crippen LogP contribution is -2.46. The number of ether oxygens (including phenoxy) is 1. The fourth-order valence-electron chi connectivity index (χ4n) is 4.44. The summed E-state index contributed by atoms with van der Waals surface area (Å²) in [5, 5.41) is 29.9. The van der Waals surface area contributed by atoms with Crippen LogP contribution in [0.2, 0.25) is 5.02 Å². The molecule has 1 fully saturated rings. The van der Waals surface area contributed by atoms with Crippen LogP contribution < -0.4 is 14.4 Å². The van der Waals surface area contributed by atoms with Crippen molar-refractivity contribution in [2.45, 2.75) is 39.1 Å². The molecule has 1 saturated heterocycles. The summed E-state index contributed by atoms with van der Waals surface area (Å²) < 4.78 is 21.2. The summed E-state index contributed by atoms with van der Waals surface area (Å²) >= 11 is 6.29. The summed E-state index contributed by atoms with van der Waals surface area (Å²) in [6.07, 6.45) is 2.06. The molecule has 1 amide bonds. The zero-order valence-corrected chi connectivity index (χ0v) is 21.4. The largest absolute Gasteiger partial charge is 0.493 e. The quantitative estimate of drug-likeness (QED) is 0.274. The lowest BCUT2D eigenvalue weighted by Gasteiger charge is -2.30. The van der Waals surface area contributed by atoms with Crippen LogP contribution in [0.15, 0.2) is 54.9 Å². The van der Waals surface area contributed by atoms with Gasteiger partial charge in [-0.25, -0.2) is 9.29 Å². The van der Waals surface area contributed by atoms with E-state index in [1.54, 1.807) is 56.0 Å². The molecule has 1 atom stereocenters. The number of aromatic nitrogens is 1. The van der Waals surface area contributed by atoms with Gasteiger partial charge in [-0.3, -0.25) is 14.9 Å². The summed E-state index contributed by atoms with van der Waals surface area (Å²) in [5.41, 5.74) is 1.27. The Morgan fingerprint density at radius 1 is 1.22 bits per heavy atom. The standard InChI is InChI=1S/C27H27ClFN4O4/c1-17-23(8-5-19(16-30)24(17)28)33-25(34)27(2,3)32(26(33)35)11-4-14-37-20-6-7-21(22(29)15-20)18-9-12-31(36)13-10-18/h5-10,12-13,15,26,35-36H,4,11,14H2,1-3H3/q+1. The number of amides is 1. The van der Waals surface area contributed by atoms with Crippen LogP contribution in [0.3, 0.4) is 0 Å². The van der Waals surface area contributed by atoms with Gasteiger partial charge in [0.2, 0.25) is 18.3 Å². The lowest BCUT2D eigenvalue weighted by molar-refractivity contribution is -0.904. The van der Waals surface area contributed by atoms with Crippen molar-refractivity contribution in [3.8, 4) is 22.9 Å². The van der Waals surface area contributed by atoms with Crippen molar-refractivity contribution < 1.29 is 29.0 Å². The Morgan fingerprint density at radius 2 is 1.92 bits per heavy atom. The minimum atomic E-state index is -1.23. The number of benzene rings is 2. The summed E-state index contributed by atoms with van der Waals surface area (Å²) in [7, 11) is 0. The molecule has 1 aliphatic rings. The number of aliphatic hydroxyl groups is 1. The number of anilines is 1. The SMILES string of the molecule is Cc1c(N2C(=O)C(C)(C)N(CCCOc3ccc(-c4cc[n+](O)cc4)c(F)c3)C2O)ccc(C#N)c1Cl. The summed E-state index contributed by atoms with van der Waals surface area (Å²) in [6.45, 7) is 5.74. The molecule has 10 heteroatoms. The molecule has 0 bridgehead atoms. The Kier molecular flexibility index (Phi) is 7.37. The van der Waals surface area contributed by atoms with Crippen molar-refractivity contribution in [1.29, 1.82) is 5.26 Å². The van der Waals surface area contributed by atoms with Gasteiger partial charge in [0.25, 0.3) is 0 Å². The topological polar surface area (TPSA) is 101 Å². The number of nitriles is 1. The van der Waals surface area contributed by atoms with Crippen LogP contribution in [0, 0.1) is 24.1 Å². The third-order valence-electron chi connectivity index (χ3n) is 6.58. The second-order valence-corrected chi connectivity index (χ2v) is 9.65. The van der Waals surface area contributed by atoms with Gasteiger partial charge in [-0.15, -0.1) is 0 Å². The van der Waals surface area contributed by atoms with E-state index in [1.165, 1.54) is 29.4 Å². The first kappa shape index (κ1) is 26.4. The fraction of sp³-hybridized carbons (Fsp3) is 0.296. The average molecular weight is 526 g/mol. The Bertz CT molecular complexity index is 1370. The molecule has 192 valence electrons. The van der Waals surface area contributed by atoms with Crippen molar-refractivity contribution in [3.63, 3.8) is 0 Å². The van der Waals surface area contributed by atoms with Crippen LogP contribution in [0.4, 0.5) is 10.1 Å². The van der Waals surface area contributed by atoms with Gasteiger partial charge in [0.05, 0.1) is 28.4 Å². The second-order valence-electron chi connectivity index (χ2n) is 9.27. The third kappa shape index (κ3) is 4.96. The second kappa shape index (κ2) is 10.3. The predicted octanol–water partition coefficient (Wildman–Crippen LogP) is 4.02. The van der Waals surface area contributed by atoms with Crippen LogP contribution >= 0.6 is 11.6 Å².